The van der Waals surface area contributed by atoms with E-state index < -0.39 is 0 Å². The van der Waals surface area contributed by atoms with E-state index in [-0.39, 0.29) is 23.8 Å². The zero-order valence-electron chi connectivity index (χ0n) is 25.0. The van der Waals surface area contributed by atoms with Gasteiger partial charge in [-0.1, -0.05) is 12.6 Å². The van der Waals surface area contributed by atoms with Crippen LogP contribution in [-0.4, -0.2) is 84.7 Å². The number of nitrogens with zero attached hydrogens (tertiary/aromatic N) is 6. The fourth-order valence-corrected chi connectivity index (χ4v) is 7.54. The minimum atomic E-state index is -0.210. The second-order valence-corrected chi connectivity index (χ2v) is 12.5. The molecule has 1 amide bonds. The second kappa shape index (κ2) is 11.9. The molecule has 2 aromatic rings. The summed E-state index contributed by atoms with van der Waals surface area (Å²) in [5, 5.41) is 9.53. The molecule has 3 unspecified atom stereocenters. The van der Waals surface area contributed by atoms with Gasteiger partial charge in [0, 0.05) is 31.2 Å². The Morgan fingerprint density at radius 1 is 1.17 bits per heavy atom. The molecule has 6 rings (SSSR count). The van der Waals surface area contributed by atoms with Gasteiger partial charge in [0.2, 0.25) is 5.91 Å². The van der Waals surface area contributed by atoms with Crippen LogP contribution in [0.25, 0.3) is 0 Å². The molecule has 2 fully saturated rings. The van der Waals surface area contributed by atoms with Crippen LogP contribution in [0.15, 0.2) is 30.9 Å². The number of ether oxygens (including phenoxy) is 2. The molecule has 9 nitrogen and oxygen atoms in total. The number of aryl methyl sites for hydroxylation is 1. The minimum Gasteiger partial charge on any atom is -0.497 e. The van der Waals surface area contributed by atoms with Gasteiger partial charge < -0.3 is 24.2 Å². The summed E-state index contributed by atoms with van der Waals surface area (Å²) in [4.78, 5) is 29.0. The number of benzene rings is 1. The average Bonchev–Trinajstić information content (AvgIpc) is 3.43. The highest BCUT2D eigenvalue weighted by Gasteiger charge is 2.41. The van der Waals surface area contributed by atoms with Crippen molar-refractivity contribution in [2.24, 2.45) is 5.41 Å². The molecule has 1 aromatic heterocycles. The Hall–Kier alpha value is -3.64. The Balaban J connectivity index is 1.30. The fraction of sp³-hybridized carbons (Fsp3) is 0.576. The van der Waals surface area contributed by atoms with Gasteiger partial charge in [-0.2, -0.15) is 15.2 Å². The number of fused-ring (bicyclic) bond motifs is 2. The van der Waals surface area contributed by atoms with E-state index in [0.29, 0.717) is 38.3 Å². The Morgan fingerprint density at radius 3 is 2.79 bits per heavy atom. The largest absolute Gasteiger partial charge is 0.497 e. The summed E-state index contributed by atoms with van der Waals surface area (Å²) in [6.07, 6.45) is 10.0. The van der Waals surface area contributed by atoms with Crippen LogP contribution in [0.5, 0.6) is 11.8 Å². The maximum Gasteiger partial charge on any atom is 0.318 e. The summed E-state index contributed by atoms with van der Waals surface area (Å²) in [6.45, 7) is 7.07. The van der Waals surface area contributed by atoms with Gasteiger partial charge >= 0.3 is 6.01 Å². The highest BCUT2D eigenvalue weighted by molar-refractivity contribution is 5.87. The molecule has 1 aromatic carbocycles. The van der Waals surface area contributed by atoms with Gasteiger partial charge in [-0.15, -0.1) is 0 Å². The van der Waals surface area contributed by atoms with Crippen LogP contribution in [0.1, 0.15) is 54.5 Å². The predicted molar refractivity (Wildman–Crippen MR) is 161 cm³/mol. The Bertz CT molecular complexity index is 1390. The van der Waals surface area contributed by atoms with Gasteiger partial charge in [0.1, 0.15) is 18.2 Å². The molecule has 0 radical (unpaired) electrons. The van der Waals surface area contributed by atoms with E-state index in [1.54, 1.807) is 12.0 Å². The molecule has 3 heterocycles. The summed E-state index contributed by atoms with van der Waals surface area (Å²) >= 11 is 0. The normalized spacial score (nSPS) is 25.5. The summed E-state index contributed by atoms with van der Waals surface area (Å²) in [5.41, 5.74) is 5.28. The van der Waals surface area contributed by atoms with Gasteiger partial charge in [-0.3, -0.25) is 4.79 Å². The number of likely N-dealkylation sites (N-methyl/N-ethyl adjacent to an activating group) is 1. The van der Waals surface area contributed by atoms with E-state index >= 15 is 0 Å². The lowest BCUT2D eigenvalue weighted by Gasteiger charge is -2.44. The van der Waals surface area contributed by atoms with E-state index in [1.165, 1.54) is 29.2 Å². The van der Waals surface area contributed by atoms with Crippen molar-refractivity contribution in [3.63, 3.8) is 0 Å². The zero-order chi connectivity index (χ0) is 29.3. The lowest BCUT2D eigenvalue weighted by atomic mass is 9.63. The Kier molecular flexibility index (Phi) is 8.09. The first-order chi connectivity index (χ1) is 20.4. The lowest BCUT2D eigenvalue weighted by molar-refractivity contribution is -0.128. The number of amides is 1. The summed E-state index contributed by atoms with van der Waals surface area (Å²) < 4.78 is 11.8. The van der Waals surface area contributed by atoms with Crippen LogP contribution in [0.3, 0.4) is 0 Å². The summed E-state index contributed by atoms with van der Waals surface area (Å²) in [5.74, 6) is 1.72. The van der Waals surface area contributed by atoms with Crippen molar-refractivity contribution in [2.45, 2.75) is 69.9 Å². The number of carbonyl (C=O) groups excluding carboxylic acids is 1. The second-order valence-electron chi connectivity index (χ2n) is 12.5. The number of likely N-dealkylation sites (tertiary alicyclic amines) is 1. The van der Waals surface area contributed by atoms with Crippen molar-refractivity contribution in [1.82, 2.24) is 19.8 Å². The standard InChI is InChI=1S/C33H42N6O3/c1-4-30(40)39-17-16-38(21-25(39)11-14-34)31-28-10-13-33(12-9-23-18-27(41-3)8-7-24(23)19-33)20-29(28)35-32(36-31)42-22-26-6-5-15-37(26)2/h4,7-8,18,25-26H,1,5-6,9-13,15-17,19-22H2,2-3H3. The number of aromatic nitrogens is 2. The van der Waals surface area contributed by atoms with Crippen LogP contribution >= 0.6 is 0 Å². The van der Waals surface area contributed by atoms with Crippen LogP contribution < -0.4 is 14.4 Å². The number of hydrogen-bond donors (Lipinski definition) is 0. The third-order valence-electron chi connectivity index (χ3n) is 10.0. The van der Waals surface area contributed by atoms with E-state index in [0.717, 1.165) is 68.8 Å². The number of hydrogen-bond acceptors (Lipinski definition) is 8. The molecular formula is C33H42N6O3. The van der Waals surface area contributed by atoms with Crippen LogP contribution in [-0.2, 0) is 30.5 Å². The van der Waals surface area contributed by atoms with Gasteiger partial charge in [-0.05, 0) is 99.7 Å². The van der Waals surface area contributed by atoms with Crippen molar-refractivity contribution in [3.05, 3.63) is 53.2 Å². The molecule has 4 aliphatic rings. The van der Waals surface area contributed by atoms with E-state index in [2.05, 4.69) is 47.7 Å². The number of piperazine rings is 1. The maximum absolute atomic E-state index is 12.5. The Labute approximate surface area is 249 Å². The monoisotopic (exact) mass is 570 g/mol. The number of rotatable bonds is 7. The molecule has 2 aliphatic carbocycles. The average molecular weight is 571 g/mol. The Morgan fingerprint density at radius 2 is 2.02 bits per heavy atom. The third-order valence-corrected chi connectivity index (χ3v) is 10.0. The van der Waals surface area contributed by atoms with E-state index in [1.807, 2.05) is 0 Å². The topological polar surface area (TPSA) is 94.8 Å². The van der Waals surface area contributed by atoms with Crippen molar-refractivity contribution in [2.75, 3.05) is 51.8 Å². The predicted octanol–water partition coefficient (Wildman–Crippen LogP) is 3.74. The van der Waals surface area contributed by atoms with Crippen LogP contribution in [0, 0.1) is 16.7 Å². The summed E-state index contributed by atoms with van der Waals surface area (Å²) in [6, 6.07) is 9.40. The summed E-state index contributed by atoms with van der Waals surface area (Å²) in [7, 11) is 3.88. The van der Waals surface area contributed by atoms with Crippen molar-refractivity contribution < 1.29 is 14.3 Å². The highest BCUT2D eigenvalue weighted by Crippen LogP contribution is 2.47. The zero-order valence-corrected chi connectivity index (χ0v) is 25.0. The third kappa shape index (κ3) is 5.57. The molecule has 42 heavy (non-hydrogen) atoms. The first-order valence-corrected chi connectivity index (χ1v) is 15.4. The highest BCUT2D eigenvalue weighted by atomic mass is 16.5. The van der Waals surface area contributed by atoms with Gasteiger partial charge in [0.25, 0.3) is 0 Å². The lowest BCUT2D eigenvalue weighted by Crippen LogP contribution is -2.55. The first-order valence-electron chi connectivity index (χ1n) is 15.4. The van der Waals surface area contributed by atoms with Gasteiger partial charge in [0.05, 0.1) is 31.3 Å². The molecular weight excluding hydrogens is 528 g/mol. The first kappa shape index (κ1) is 28.5. The maximum atomic E-state index is 12.5. The van der Waals surface area contributed by atoms with E-state index in [4.69, 9.17) is 19.4 Å². The van der Waals surface area contributed by atoms with Crippen LogP contribution in [0.4, 0.5) is 5.82 Å². The molecule has 9 heteroatoms. The van der Waals surface area contributed by atoms with Crippen molar-refractivity contribution in [3.8, 4) is 17.8 Å². The van der Waals surface area contributed by atoms with Crippen LogP contribution in [0.2, 0.25) is 0 Å². The number of anilines is 1. The molecule has 1 spiro atoms. The van der Waals surface area contributed by atoms with Gasteiger partial charge in [-0.25, -0.2) is 0 Å². The minimum absolute atomic E-state index is 0.124. The molecule has 2 saturated heterocycles. The molecule has 2 aliphatic heterocycles. The fourth-order valence-electron chi connectivity index (χ4n) is 7.54. The smallest absolute Gasteiger partial charge is 0.318 e. The van der Waals surface area contributed by atoms with Crippen molar-refractivity contribution >= 4 is 11.7 Å². The molecule has 3 atom stereocenters. The molecule has 0 saturated carbocycles. The van der Waals surface area contributed by atoms with Gasteiger partial charge in [0.15, 0.2) is 0 Å². The number of methoxy groups -OCH3 is 1. The SMILES string of the molecule is C=CC(=O)N1CCN(c2nc(OCC3CCCN3C)nc3c2CCC2(CCc4cc(OC)ccc4C2)C3)CC1CC#N. The quantitative estimate of drug-likeness (QED) is 0.465. The molecule has 0 bridgehead atoms. The number of carbonyl (C=O) groups is 1. The number of nitriles is 1. The molecule has 222 valence electrons. The molecule has 0 N–H and O–H groups in total. The van der Waals surface area contributed by atoms with Crippen molar-refractivity contribution in [1.29, 1.82) is 5.26 Å². The van der Waals surface area contributed by atoms with E-state index in [9.17, 15) is 10.1 Å².